The third kappa shape index (κ3) is 10.4. The lowest BCUT2D eigenvalue weighted by atomic mass is 10.0. The third-order valence-corrected chi connectivity index (χ3v) is 6.48. The monoisotopic (exact) mass is 539 g/mol. The molecule has 3 aromatic carbocycles. The fourth-order valence-corrected chi connectivity index (χ4v) is 4.16. The molecule has 0 atom stereocenters. The first kappa shape index (κ1) is 30.2. The van der Waals surface area contributed by atoms with Crippen LogP contribution in [0, 0.1) is 0 Å². The highest BCUT2D eigenvalue weighted by Gasteiger charge is 2.18. The van der Waals surface area contributed by atoms with Gasteiger partial charge in [-0.05, 0) is 0 Å². The van der Waals surface area contributed by atoms with E-state index in [1.807, 2.05) is 0 Å². The van der Waals surface area contributed by atoms with Crippen molar-refractivity contribution >= 4 is 34.7 Å². The first-order chi connectivity index (χ1) is 19.3. The van der Waals surface area contributed by atoms with Crippen LogP contribution in [0.15, 0.2) is 91.0 Å². The van der Waals surface area contributed by atoms with Crippen LogP contribution in [0.2, 0.25) is 0 Å². The fraction of sp³-hybridized carbons (Fsp3) is 0.273. The molecule has 0 aliphatic rings. The summed E-state index contributed by atoms with van der Waals surface area (Å²) in [6.07, 6.45) is -0.459. The van der Waals surface area contributed by atoms with E-state index >= 15 is 0 Å². The van der Waals surface area contributed by atoms with E-state index in [4.69, 9.17) is 0 Å². The van der Waals surface area contributed by atoms with E-state index in [9.17, 15) is 28.8 Å². The van der Waals surface area contributed by atoms with Crippen molar-refractivity contribution in [3.8, 4) is 0 Å². The summed E-state index contributed by atoms with van der Waals surface area (Å²) in [5, 5.41) is 0. The zero-order chi connectivity index (χ0) is 28.7. The number of hydrogen-bond acceptors (Lipinski definition) is 7. The second kappa shape index (κ2) is 15.9. The topological polar surface area (TPSA) is 106 Å². The molecule has 0 saturated heterocycles. The minimum atomic E-state index is -0.263. The van der Waals surface area contributed by atoms with Gasteiger partial charge in [0.1, 0.15) is 17.3 Å². The van der Waals surface area contributed by atoms with Crippen molar-refractivity contribution in [1.82, 2.24) is 4.90 Å². The molecule has 0 bridgehead atoms. The highest BCUT2D eigenvalue weighted by molar-refractivity contribution is 6.09. The van der Waals surface area contributed by atoms with Crippen LogP contribution < -0.4 is 0 Å². The molecule has 0 amide bonds. The molecule has 3 rings (SSSR count). The Morgan fingerprint density at radius 3 is 0.900 bits per heavy atom. The Bertz CT molecular complexity index is 1150. The number of rotatable bonds is 18. The lowest BCUT2D eigenvalue weighted by Gasteiger charge is -2.21. The fourth-order valence-electron chi connectivity index (χ4n) is 4.16. The number of ketones is 6. The van der Waals surface area contributed by atoms with Crippen molar-refractivity contribution < 1.29 is 28.8 Å². The van der Waals surface area contributed by atoms with Crippen molar-refractivity contribution in [2.24, 2.45) is 0 Å². The molecule has 0 unspecified atom stereocenters. The zero-order valence-corrected chi connectivity index (χ0v) is 22.4. The summed E-state index contributed by atoms with van der Waals surface area (Å²) < 4.78 is 0. The third-order valence-electron chi connectivity index (χ3n) is 6.48. The summed E-state index contributed by atoms with van der Waals surface area (Å²) in [4.78, 5) is 76.6. The van der Waals surface area contributed by atoms with Gasteiger partial charge in [-0.15, -0.1) is 0 Å². The number of Topliss-reactive ketones (excluding diaryl/α,β-unsaturated/α-hetero) is 6. The maximum atomic E-state index is 12.5. The maximum Gasteiger partial charge on any atom is 0.170 e. The van der Waals surface area contributed by atoms with Crippen LogP contribution in [0.3, 0.4) is 0 Å². The molecule has 0 spiro atoms. The van der Waals surface area contributed by atoms with E-state index in [1.54, 1.807) is 95.9 Å². The van der Waals surface area contributed by atoms with Crippen LogP contribution in [0.4, 0.5) is 0 Å². The van der Waals surface area contributed by atoms with Crippen LogP contribution >= 0.6 is 0 Å². The summed E-state index contributed by atoms with van der Waals surface area (Å²) in [5.41, 5.74) is 1.40. The maximum absolute atomic E-state index is 12.5. The Kier molecular flexibility index (Phi) is 12.0. The van der Waals surface area contributed by atoms with Crippen LogP contribution in [-0.4, -0.2) is 59.2 Å². The summed E-state index contributed by atoms with van der Waals surface area (Å²) >= 11 is 0. The molecule has 0 aromatic heterocycles. The molecule has 7 nitrogen and oxygen atoms in total. The minimum absolute atomic E-state index is 0.0762. The van der Waals surface area contributed by atoms with Gasteiger partial charge in [0.25, 0.3) is 0 Å². The smallest absolute Gasteiger partial charge is 0.170 e. The summed E-state index contributed by atoms with van der Waals surface area (Å²) in [6, 6.07) is 25.7. The van der Waals surface area contributed by atoms with Crippen molar-refractivity contribution in [3.05, 3.63) is 108 Å². The number of carbonyl (C=O) groups excluding carboxylic acids is 6. The Hall–Kier alpha value is -4.36. The Labute approximate surface area is 234 Å². The number of hydrogen-bond donors (Lipinski definition) is 0. The van der Waals surface area contributed by atoms with Crippen LogP contribution in [0.1, 0.15) is 69.6 Å². The van der Waals surface area contributed by atoms with Gasteiger partial charge in [-0.25, -0.2) is 0 Å². The lowest BCUT2D eigenvalue weighted by Crippen LogP contribution is -2.32. The molecule has 0 fully saturated rings. The van der Waals surface area contributed by atoms with Gasteiger partial charge in [-0.1, -0.05) is 91.0 Å². The van der Waals surface area contributed by atoms with Gasteiger partial charge < -0.3 is 4.90 Å². The van der Waals surface area contributed by atoms with Gasteiger partial charge in [0.15, 0.2) is 17.3 Å². The molecular formula is C33H33NO6. The normalized spacial score (nSPS) is 10.7. The molecule has 0 heterocycles. The van der Waals surface area contributed by atoms with Gasteiger partial charge in [0.05, 0.1) is 19.3 Å². The second-order valence-electron chi connectivity index (χ2n) is 9.61. The molecule has 206 valence electrons. The predicted octanol–water partition coefficient (Wildman–Crippen LogP) is 4.99. The number of carbonyl (C=O) groups is 6. The van der Waals surface area contributed by atoms with E-state index in [1.165, 1.54) is 0 Å². The average Bonchev–Trinajstić information content (AvgIpc) is 2.98. The molecule has 0 N–H and O–H groups in total. The van der Waals surface area contributed by atoms with Crippen LogP contribution in [0.5, 0.6) is 0 Å². The van der Waals surface area contributed by atoms with Crippen LogP contribution in [0.25, 0.3) is 0 Å². The van der Waals surface area contributed by atoms with E-state index in [0.717, 1.165) is 0 Å². The Balaban J connectivity index is 1.53. The standard InChI is InChI=1S/C33H33NO6/c35-28(22-31(38)25-10-4-1-5-11-25)16-19-34(20-17-29(36)23-32(39)26-12-6-2-7-13-26)21-18-30(37)24-33(40)27-14-8-3-9-15-27/h1-15H,16-24H2. The van der Waals surface area contributed by atoms with E-state index < -0.39 is 0 Å². The van der Waals surface area contributed by atoms with Crippen LogP contribution in [-0.2, 0) is 14.4 Å². The molecule has 40 heavy (non-hydrogen) atoms. The molecule has 0 radical (unpaired) electrons. The number of benzene rings is 3. The molecule has 3 aromatic rings. The average molecular weight is 540 g/mol. The largest absolute Gasteiger partial charge is 0.302 e. The minimum Gasteiger partial charge on any atom is -0.302 e. The lowest BCUT2D eigenvalue weighted by molar-refractivity contribution is -0.118. The highest BCUT2D eigenvalue weighted by atomic mass is 16.2. The second-order valence-corrected chi connectivity index (χ2v) is 9.61. The van der Waals surface area contributed by atoms with Crippen molar-refractivity contribution in [2.75, 3.05) is 19.6 Å². The molecule has 7 heteroatoms. The van der Waals surface area contributed by atoms with Gasteiger partial charge in [0, 0.05) is 55.6 Å². The Morgan fingerprint density at radius 2 is 0.650 bits per heavy atom. The molecular weight excluding hydrogens is 506 g/mol. The number of nitrogens with zero attached hydrogens (tertiary/aromatic N) is 1. The zero-order valence-electron chi connectivity index (χ0n) is 22.4. The first-order valence-corrected chi connectivity index (χ1v) is 13.3. The summed E-state index contributed by atoms with van der Waals surface area (Å²) in [7, 11) is 0. The van der Waals surface area contributed by atoms with E-state index in [0.29, 0.717) is 16.7 Å². The van der Waals surface area contributed by atoms with Crippen molar-refractivity contribution in [3.63, 3.8) is 0 Å². The van der Waals surface area contributed by atoms with Gasteiger partial charge >= 0.3 is 0 Å². The van der Waals surface area contributed by atoms with Gasteiger partial charge in [-0.2, -0.15) is 0 Å². The van der Waals surface area contributed by atoms with Crippen molar-refractivity contribution in [2.45, 2.75) is 38.5 Å². The van der Waals surface area contributed by atoms with Gasteiger partial charge in [-0.3, -0.25) is 28.8 Å². The molecule has 0 saturated carbocycles. The summed E-state index contributed by atoms with van der Waals surface area (Å²) in [6.45, 7) is 0.752. The SMILES string of the molecule is O=C(CCN(CCC(=O)CC(=O)c1ccccc1)CCC(=O)CC(=O)c1ccccc1)CC(=O)c1ccccc1. The van der Waals surface area contributed by atoms with Crippen molar-refractivity contribution in [1.29, 1.82) is 0 Å². The highest BCUT2D eigenvalue weighted by Crippen LogP contribution is 2.10. The molecule has 0 aliphatic heterocycles. The van der Waals surface area contributed by atoms with Gasteiger partial charge in [0.2, 0.25) is 0 Å². The predicted molar refractivity (Wildman–Crippen MR) is 151 cm³/mol. The summed E-state index contributed by atoms with van der Waals surface area (Å²) in [5.74, 6) is -1.51. The first-order valence-electron chi connectivity index (χ1n) is 13.3. The molecule has 0 aliphatic carbocycles. The van der Waals surface area contributed by atoms with E-state index in [-0.39, 0.29) is 92.9 Å². The van der Waals surface area contributed by atoms with E-state index in [2.05, 4.69) is 0 Å². The quantitative estimate of drug-likeness (QED) is 0.166. The Morgan fingerprint density at radius 1 is 0.400 bits per heavy atom.